The van der Waals surface area contributed by atoms with Gasteiger partial charge in [0.15, 0.2) is 0 Å². The Morgan fingerprint density at radius 3 is 2.75 bits per heavy atom. The van der Waals surface area contributed by atoms with Crippen LogP contribution in [0.25, 0.3) is 0 Å². The maximum atomic E-state index is 5.80. The number of rotatable bonds is 8. The van der Waals surface area contributed by atoms with E-state index < -0.39 is 0 Å². The summed E-state index contributed by atoms with van der Waals surface area (Å²) in [4.78, 5) is 0. The molecular formula is C14H29NO. The van der Waals surface area contributed by atoms with Crippen LogP contribution >= 0.6 is 0 Å². The smallest absolute Gasteiger partial charge is 0.0590 e. The molecule has 2 unspecified atom stereocenters. The van der Waals surface area contributed by atoms with E-state index in [2.05, 4.69) is 19.3 Å². The molecule has 1 N–H and O–H groups in total. The molecular weight excluding hydrogens is 198 g/mol. The Morgan fingerprint density at radius 1 is 1.25 bits per heavy atom. The van der Waals surface area contributed by atoms with Gasteiger partial charge in [-0.3, -0.25) is 0 Å². The minimum Gasteiger partial charge on any atom is -0.378 e. The van der Waals surface area contributed by atoms with Gasteiger partial charge in [-0.1, -0.05) is 32.6 Å². The summed E-state index contributed by atoms with van der Waals surface area (Å²) in [5.41, 5.74) is 0. The van der Waals surface area contributed by atoms with Crippen LogP contribution in [-0.4, -0.2) is 25.8 Å². The maximum Gasteiger partial charge on any atom is 0.0590 e. The summed E-state index contributed by atoms with van der Waals surface area (Å²) in [6, 6.07) is 0.667. The van der Waals surface area contributed by atoms with Gasteiger partial charge in [0.05, 0.1) is 6.10 Å². The molecule has 0 spiro atoms. The number of nitrogens with one attached hydrogen (secondary N) is 1. The molecule has 0 aromatic carbocycles. The largest absolute Gasteiger partial charge is 0.378 e. The minimum absolute atomic E-state index is 0.525. The zero-order chi connectivity index (χ0) is 11.6. The SMILES string of the molecule is CCCCCCC(CC1CCCCO1)NC. The first-order valence-electron chi connectivity index (χ1n) is 7.15. The van der Waals surface area contributed by atoms with Crippen molar-refractivity contribution in [2.24, 2.45) is 0 Å². The highest BCUT2D eigenvalue weighted by Gasteiger charge is 2.18. The van der Waals surface area contributed by atoms with Gasteiger partial charge in [0.25, 0.3) is 0 Å². The molecule has 16 heavy (non-hydrogen) atoms. The first kappa shape index (κ1) is 14.0. The lowest BCUT2D eigenvalue weighted by molar-refractivity contribution is 0.00503. The summed E-state index contributed by atoms with van der Waals surface area (Å²) >= 11 is 0. The Kier molecular flexibility index (Phi) is 7.87. The van der Waals surface area contributed by atoms with Gasteiger partial charge in [0, 0.05) is 12.6 Å². The van der Waals surface area contributed by atoms with Gasteiger partial charge in [0.2, 0.25) is 0 Å². The van der Waals surface area contributed by atoms with E-state index in [0.29, 0.717) is 12.1 Å². The maximum absolute atomic E-state index is 5.80. The molecule has 1 heterocycles. The van der Waals surface area contributed by atoms with E-state index in [-0.39, 0.29) is 0 Å². The quantitative estimate of drug-likeness (QED) is 0.641. The highest BCUT2D eigenvalue weighted by Crippen LogP contribution is 2.19. The molecule has 2 atom stereocenters. The molecule has 1 aliphatic heterocycles. The number of ether oxygens (including phenoxy) is 1. The van der Waals surface area contributed by atoms with Crippen molar-refractivity contribution in [2.45, 2.75) is 76.9 Å². The van der Waals surface area contributed by atoms with Crippen molar-refractivity contribution in [3.05, 3.63) is 0 Å². The van der Waals surface area contributed by atoms with Gasteiger partial charge in [-0.25, -0.2) is 0 Å². The summed E-state index contributed by atoms with van der Waals surface area (Å²) in [5.74, 6) is 0. The third-order valence-corrected chi connectivity index (χ3v) is 3.64. The molecule has 1 fully saturated rings. The van der Waals surface area contributed by atoms with E-state index in [9.17, 15) is 0 Å². The topological polar surface area (TPSA) is 21.3 Å². The van der Waals surface area contributed by atoms with Crippen LogP contribution in [0.2, 0.25) is 0 Å². The molecule has 1 saturated heterocycles. The highest BCUT2D eigenvalue weighted by molar-refractivity contribution is 4.73. The molecule has 0 aliphatic carbocycles. The highest BCUT2D eigenvalue weighted by atomic mass is 16.5. The average Bonchev–Trinajstić information content (AvgIpc) is 2.34. The Morgan fingerprint density at radius 2 is 2.12 bits per heavy atom. The van der Waals surface area contributed by atoms with Crippen LogP contribution < -0.4 is 5.32 Å². The monoisotopic (exact) mass is 227 g/mol. The van der Waals surface area contributed by atoms with Crippen LogP contribution in [0.5, 0.6) is 0 Å². The zero-order valence-electron chi connectivity index (χ0n) is 11.1. The van der Waals surface area contributed by atoms with E-state index in [1.807, 2.05) is 0 Å². The normalized spacial score (nSPS) is 23.2. The summed E-state index contributed by atoms with van der Waals surface area (Å²) < 4.78 is 5.80. The fourth-order valence-electron chi connectivity index (χ4n) is 2.51. The van der Waals surface area contributed by atoms with Gasteiger partial charge in [-0.05, 0) is 39.2 Å². The van der Waals surface area contributed by atoms with Crippen LogP contribution in [0.4, 0.5) is 0 Å². The van der Waals surface area contributed by atoms with Crippen molar-refractivity contribution in [3.63, 3.8) is 0 Å². The molecule has 2 heteroatoms. The van der Waals surface area contributed by atoms with Crippen molar-refractivity contribution in [1.82, 2.24) is 5.32 Å². The van der Waals surface area contributed by atoms with E-state index in [1.54, 1.807) is 0 Å². The van der Waals surface area contributed by atoms with Crippen LogP contribution in [0.1, 0.15) is 64.7 Å². The molecule has 2 nitrogen and oxygen atoms in total. The molecule has 0 bridgehead atoms. The molecule has 96 valence electrons. The van der Waals surface area contributed by atoms with Crippen molar-refractivity contribution in [1.29, 1.82) is 0 Å². The third kappa shape index (κ3) is 5.86. The summed E-state index contributed by atoms with van der Waals surface area (Å²) in [7, 11) is 2.09. The van der Waals surface area contributed by atoms with E-state index >= 15 is 0 Å². The summed E-state index contributed by atoms with van der Waals surface area (Å²) in [6.45, 7) is 3.25. The number of hydrogen-bond donors (Lipinski definition) is 1. The van der Waals surface area contributed by atoms with Gasteiger partial charge in [0.1, 0.15) is 0 Å². The van der Waals surface area contributed by atoms with E-state index in [0.717, 1.165) is 6.61 Å². The second-order valence-corrected chi connectivity index (χ2v) is 5.06. The molecule has 0 aromatic heterocycles. The molecule has 0 saturated carbocycles. The Hall–Kier alpha value is -0.0800. The standard InChI is InChI=1S/C14H29NO/c1-3-4-5-6-9-13(15-2)12-14-10-7-8-11-16-14/h13-15H,3-12H2,1-2H3. The third-order valence-electron chi connectivity index (χ3n) is 3.64. The molecule has 1 aliphatic rings. The van der Waals surface area contributed by atoms with Gasteiger partial charge in [-0.2, -0.15) is 0 Å². The Labute approximate surface area is 101 Å². The fraction of sp³-hybridized carbons (Fsp3) is 1.00. The second-order valence-electron chi connectivity index (χ2n) is 5.06. The lowest BCUT2D eigenvalue weighted by atomic mass is 9.98. The zero-order valence-corrected chi connectivity index (χ0v) is 11.1. The van der Waals surface area contributed by atoms with Crippen molar-refractivity contribution in [2.75, 3.05) is 13.7 Å². The van der Waals surface area contributed by atoms with Crippen LogP contribution in [-0.2, 0) is 4.74 Å². The van der Waals surface area contributed by atoms with Crippen molar-refractivity contribution < 1.29 is 4.74 Å². The summed E-state index contributed by atoms with van der Waals surface area (Å²) in [5, 5.41) is 3.45. The number of unbranched alkanes of at least 4 members (excludes halogenated alkanes) is 3. The predicted molar refractivity (Wildman–Crippen MR) is 69.8 cm³/mol. The van der Waals surface area contributed by atoms with Gasteiger partial charge in [-0.15, -0.1) is 0 Å². The van der Waals surface area contributed by atoms with Gasteiger partial charge >= 0.3 is 0 Å². The Bertz CT molecular complexity index is 155. The summed E-state index contributed by atoms with van der Waals surface area (Å²) in [6.07, 6.45) is 12.4. The van der Waals surface area contributed by atoms with Crippen LogP contribution in [0, 0.1) is 0 Å². The molecule has 0 amide bonds. The number of hydrogen-bond acceptors (Lipinski definition) is 2. The predicted octanol–water partition coefficient (Wildman–Crippen LogP) is 3.50. The Balaban J connectivity index is 2.09. The van der Waals surface area contributed by atoms with Crippen LogP contribution in [0.3, 0.4) is 0 Å². The molecule has 0 aromatic rings. The molecule has 1 rings (SSSR count). The lowest BCUT2D eigenvalue weighted by Gasteiger charge is -2.26. The van der Waals surface area contributed by atoms with Crippen molar-refractivity contribution >= 4 is 0 Å². The van der Waals surface area contributed by atoms with E-state index in [4.69, 9.17) is 4.74 Å². The minimum atomic E-state index is 0.525. The average molecular weight is 227 g/mol. The first-order valence-corrected chi connectivity index (χ1v) is 7.15. The first-order chi connectivity index (χ1) is 7.86. The van der Waals surface area contributed by atoms with Gasteiger partial charge < -0.3 is 10.1 Å². The fourth-order valence-corrected chi connectivity index (χ4v) is 2.51. The molecule has 0 radical (unpaired) electrons. The van der Waals surface area contributed by atoms with Crippen molar-refractivity contribution in [3.8, 4) is 0 Å². The lowest BCUT2D eigenvalue weighted by Crippen LogP contribution is -2.32. The second kappa shape index (κ2) is 9.00. The van der Waals surface area contributed by atoms with E-state index in [1.165, 1.54) is 57.8 Å². The van der Waals surface area contributed by atoms with Crippen LogP contribution in [0.15, 0.2) is 0 Å².